The van der Waals surface area contributed by atoms with E-state index in [0.29, 0.717) is 0 Å². The van der Waals surface area contributed by atoms with E-state index in [9.17, 15) is 12.8 Å². The predicted molar refractivity (Wildman–Crippen MR) is 69.5 cm³/mol. The van der Waals surface area contributed by atoms with Crippen molar-refractivity contribution in [2.75, 3.05) is 18.8 Å². The van der Waals surface area contributed by atoms with E-state index in [4.69, 9.17) is 0 Å². The molecule has 1 saturated heterocycles. The normalized spacial score (nSPS) is 17.8. The van der Waals surface area contributed by atoms with Crippen LogP contribution in [-0.4, -0.2) is 27.3 Å². The van der Waals surface area contributed by atoms with Gasteiger partial charge in [-0.05, 0) is 37.9 Å². The van der Waals surface area contributed by atoms with E-state index in [0.717, 1.165) is 25.9 Å². The molecule has 0 radical (unpaired) electrons. The van der Waals surface area contributed by atoms with Crippen molar-refractivity contribution < 1.29 is 12.8 Å². The Balaban J connectivity index is 2.01. The Morgan fingerprint density at radius 3 is 2.56 bits per heavy atom. The summed E-state index contributed by atoms with van der Waals surface area (Å²) in [5.74, 6) is -0.249. The molecule has 0 amide bonds. The third kappa shape index (κ3) is 3.78. The van der Waals surface area contributed by atoms with Crippen LogP contribution in [0.15, 0.2) is 24.3 Å². The predicted octanol–water partition coefficient (Wildman–Crippen LogP) is 1.74. The lowest BCUT2D eigenvalue weighted by Crippen LogP contribution is -2.31. The van der Waals surface area contributed by atoms with E-state index >= 15 is 0 Å². The van der Waals surface area contributed by atoms with Crippen molar-refractivity contribution >= 4 is 9.84 Å². The van der Waals surface area contributed by atoms with Crippen LogP contribution in [0.5, 0.6) is 0 Å². The Kier molecular flexibility index (Phi) is 4.35. The second kappa shape index (κ2) is 5.80. The molecule has 2 rings (SSSR count). The summed E-state index contributed by atoms with van der Waals surface area (Å²) < 4.78 is 37.5. The summed E-state index contributed by atoms with van der Waals surface area (Å²) in [6.45, 7) is 1.75. The molecule has 1 heterocycles. The van der Waals surface area contributed by atoms with Gasteiger partial charge in [0.2, 0.25) is 0 Å². The highest BCUT2D eigenvalue weighted by atomic mass is 32.2. The fraction of sp³-hybridized carbons (Fsp3) is 0.538. The van der Waals surface area contributed by atoms with E-state index in [2.05, 4.69) is 5.32 Å². The number of benzene rings is 1. The van der Waals surface area contributed by atoms with E-state index < -0.39 is 15.7 Å². The number of sulfone groups is 1. The first-order valence-corrected chi connectivity index (χ1v) is 8.03. The Morgan fingerprint density at radius 2 is 1.89 bits per heavy atom. The van der Waals surface area contributed by atoms with Crippen LogP contribution in [0.3, 0.4) is 0 Å². The molecule has 1 N–H and O–H groups in total. The maximum Gasteiger partial charge on any atom is 0.154 e. The number of hydrogen-bond donors (Lipinski definition) is 1. The van der Waals surface area contributed by atoms with Crippen LogP contribution >= 0.6 is 0 Å². The molecule has 0 aliphatic carbocycles. The summed E-state index contributed by atoms with van der Waals surface area (Å²) in [6.07, 6.45) is 1.77. The first kappa shape index (κ1) is 13.5. The molecule has 1 aromatic rings. The zero-order chi connectivity index (χ0) is 13.0. The number of nitrogens with one attached hydrogen (secondary N) is 1. The number of piperidine rings is 1. The third-order valence-electron chi connectivity index (χ3n) is 3.28. The molecule has 0 aromatic heterocycles. The lowest BCUT2D eigenvalue weighted by Gasteiger charge is -2.22. The van der Waals surface area contributed by atoms with Crippen LogP contribution in [0.4, 0.5) is 4.39 Å². The van der Waals surface area contributed by atoms with Crippen LogP contribution in [0.1, 0.15) is 18.4 Å². The summed E-state index contributed by atoms with van der Waals surface area (Å²) in [7, 11) is -3.22. The molecule has 0 saturated carbocycles. The van der Waals surface area contributed by atoms with Gasteiger partial charge in [-0.25, -0.2) is 12.8 Å². The first-order chi connectivity index (χ1) is 8.57. The minimum atomic E-state index is -3.22. The number of hydrogen-bond acceptors (Lipinski definition) is 3. The summed E-state index contributed by atoms with van der Waals surface area (Å²) in [5, 5.41) is 3.20. The Morgan fingerprint density at radius 1 is 1.22 bits per heavy atom. The number of halogens is 1. The van der Waals surface area contributed by atoms with Crippen molar-refractivity contribution in [2.45, 2.75) is 18.6 Å². The van der Waals surface area contributed by atoms with Gasteiger partial charge in [0.15, 0.2) is 9.84 Å². The quantitative estimate of drug-likeness (QED) is 0.907. The van der Waals surface area contributed by atoms with Gasteiger partial charge in [0.25, 0.3) is 0 Å². The summed E-state index contributed by atoms with van der Waals surface area (Å²) in [5.41, 5.74) is 0.270. The van der Waals surface area contributed by atoms with Crippen molar-refractivity contribution in [3.63, 3.8) is 0 Å². The molecule has 18 heavy (non-hydrogen) atoms. The third-order valence-corrected chi connectivity index (χ3v) is 5.01. The zero-order valence-electron chi connectivity index (χ0n) is 10.2. The molecule has 0 spiro atoms. The van der Waals surface area contributed by atoms with Gasteiger partial charge < -0.3 is 5.32 Å². The molecule has 0 bridgehead atoms. The molecule has 1 aliphatic heterocycles. The molecule has 0 atom stereocenters. The molecular weight excluding hydrogens is 253 g/mol. The summed E-state index contributed by atoms with van der Waals surface area (Å²) in [4.78, 5) is 0. The van der Waals surface area contributed by atoms with Crippen molar-refractivity contribution in [3.8, 4) is 0 Å². The van der Waals surface area contributed by atoms with Crippen molar-refractivity contribution in [1.82, 2.24) is 5.32 Å². The molecule has 1 aromatic carbocycles. The first-order valence-electron chi connectivity index (χ1n) is 6.21. The molecule has 5 heteroatoms. The Labute approximate surface area is 107 Å². The van der Waals surface area contributed by atoms with E-state index in [1.54, 1.807) is 12.1 Å². The molecule has 1 fully saturated rings. The maximum absolute atomic E-state index is 13.4. The van der Waals surface area contributed by atoms with Gasteiger partial charge in [-0.15, -0.1) is 0 Å². The highest BCUT2D eigenvalue weighted by Gasteiger charge is 2.22. The van der Waals surface area contributed by atoms with Gasteiger partial charge in [0, 0.05) is 5.56 Å². The van der Waals surface area contributed by atoms with Crippen molar-refractivity contribution in [2.24, 2.45) is 5.92 Å². The van der Waals surface area contributed by atoms with Crippen LogP contribution in [0, 0.1) is 11.7 Å². The molecule has 1 aliphatic rings. The lowest BCUT2D eigenvalue weighted by molar-refractivity contribution is 0.401. The van der Waals surface area contributed by atoms with Gasteiger partial charge in [-0.2, -0.15) is 0 Å². The zero-order valence-corrected chi connectivity index (χ0v) is 11.0. The average Bonchev–Trinajstić information content (AvgIpc) is 2.32. The van der Waals surface area contributed by atoms with Crippen LogP contribution in [-0.2, 0) is 15.6 Å². The van der Waals surface area contributed by atoms with E-state index in [1.807, 2.05) is 0 Å². The molecule has 100 valence electrons. The lowest BCUT2D eigenvalue weighted by atomic mass is 10.0. The number of rotatable bonds is 4. The minimum Gasteiger partial charge on any atom is -0.317 e. The average molecular weight is 271 g/mol. The van der Waals surface area contributed by atoms with Crippen molar-refractivity contribution in [1.29, 1.82) is 0 Å². The smallest absolute Gasteiger partial charge is 0.154 e. The summed E-state index contributed by atoms with van der Waals surface area (Å²) >= 11 is 0. The highest BCUT2D eigenvalue weighted by molar-refractivity contribution is 7.90. The van der Waals surface area contributed by atoms with Gasteiger partial charge in [-0.3, -0.25) is 0 Å². The SMILES string of the molecule is O=S(=O)(Cc1ccccc1F)CC1CCNCC1. The summed E-state index contributed by atoms with van der Waals surface area (Å²) in [6, 6.07) is 6.07. The van der Waals surface area contributed by atoms with Gasteiger partial charge >= 0.3 is 0 Å². The van der Waals surface area contributed by atoms with Crippen LogP contribution in [0.25, 0.3) is 0 Å². The maximum atomic E-state index is 13.4. The Bertz CT molecular complexity index is 495. The second-order valence-corrected chi connectivity index (χ2v) is 6.95. The highest BCUT2D eigenvalue weighted by Crippen LogP contribution is 2.18. The Hall–Kier alpha value is -0.940. The second-order valence-electron chi connectivity index (χ2n) is 4.84. The van der Waals surface area contributed by atoms with Gasteiger partial charge in [0.05, 0.1) is 11.5 Å². The molecule has 0 unspecified atom stereocenters. The minimum absolute atomic E-state index is 0.170. The van der Waals surface area contributed by atoms with Gasteiger partial charge in [-0.1, -0.05) is 18.2 Å². The molecule has 3 nitrogen and oxygen atoms in total. The topological polar surface area (TPSA) is 46.2 Å². The fourth-order valence-corrected chi connectivity index (χ4v) is 4.20. The van der Waals surface area contributed by atoms with Crippen LogP contribution < -0.4 is 5.32 Å². The van der Waals surface area contributed by atoms with Crippen LogP contribution in [0.2, 0.25) is 0 Å². The monoisotopic (exact) mass is 271 g/mol. The standard InChI is InChI=1S/C13H18FNO2S/c14-13-4-2-1-3-12(13)10-18(16,17)9-11-5-7-15-8-6-11/h1-4,11,15H,5-10H2. The fourth-order valence-electron chi connectivity index (χ4n) is 2.32. The largest absolute Gasteiger partial charge is 0.317 e. The van der Waals surface area contributed by atoms with Crippen molar-refractivity contribution in [3.05, 3.63) is 35.6 Å². The van der Waals surface area contributed by atoms with E-state index in [1.165, 1.54) is 12.1 Å². The van der Waals surface area contributed by atoms with E-state index in [-0.39, 0.29) is 23.0 Å². The molecular formula is C13H18FNO2S. The van der Waals surface area contributed by atoms with Gasteiger partial charge in [0.1, 0.15) is 5.82 Å².